The van der Waals surface area contributed by atoms with Crippen molar-refractivity contribution in [1.82, 2.24) is 5.32 Å². The van der Waals surface area contributed by atoms with E-state index in [9.17, 15) is 14.7 Å². The van der Waals surface area contributed by atoms with E-state index < -0.39 is 11.5 Å². The van der Waals surface area contributed by atoms with Crippen molar-refractivity contribution in [3.63, 3.8) is 0 Å². The van der Waals surface area contributed by atoms with Crippen molar-refractivity contribution in [3.05, 3.63) is 35.9 Å². The summed E-state index contributed by atoms with van der Waals surface area (Å²) in [6.07, 6.45) is 2.56. The molecule has 0 unspecified atom stereocenters. The Labute approximate surface area is 120 Å². The first-order valence-electron chi connectivity index (χ1n) is 7.12. The molecule has 1 amide bonds. The lowest BCUT2D eigenvalue weighted by molar-refractivity contribution is -0.148. The van der Waals surface area contributed by atoms with Crippen LogP contribution in [0.2, 0.25) is 0 Å². The maximum Gasteiger partial charge on any atom is 0.329 e. The lowest BCUT2D eigenvalue weighted by Crippen LogP contribution is -2.54. The monoisotopic (exact) mass is 277 g/mol. The van der Waals surface area contributed by atoms with E-state index in [1.165, 1.54) is 0 Å². The normalized spacial score (nSPS) is 11.1. The highest BCUT2D eigenvalue weighted by molar-refractivity contribution is 5.88. The first kappa shape index (κ1) is 16.2. The third kappa shape index (κ3) is 4.37. The van der Waals surface area contributed by atoms with Gasteiger partial charge in [-0.2, -0.15) is 0 Å². The molecule has 1 aromatic rings. The van der Waals surface area contributed by atoms with Gasteiger partial charge in [0.25, 0.3) is 0 Å². The van der Waals surface area contributed by atoms with Crippen LogP contribution in [0.1, 0.15) is 45.1 Å². The molecule has 0 spiro atoms. The fourth-order valence-electron chi connectivity index (χ4n) is 2.46. The second-order valence-electron chi connectivity index (χ2n) is 5.10. The van der Waals surface area contributed by atoms with Crippen LogP contribution in [-0.4, -0.2) is 22.5 Å². The Bertz CT molecular complexity index is 436. The van der Waals surface area contributed by atoms with Gasteiger partial charge in [0, 0.05) is 0 Å². The van der Waals surface area contributed by atoms with Gasteiger partial charge in [-0.1, -0.05) is 57.0 Å². The van der Waals surface area contributed by atoms with Crippen LogP contribution in [-0.2, 0) is 16.0 Å². The van der Waals surface area contributed by atoms with E-state index in [0.29, 0.717) is 12.8 Å². The summed E-state index contributed by atoms with van der Waals surface area (Å²) < 4.78 is 0. The molecule has 1 aromatic carbocycles. The van der Waals surface area contributed by atoms with Gasteiger partial charge in [0.1, 0.15) is 5.54 Å². The minimum absolute atomic E-state index is 0.212. The molecule has 0 atom stereocenters. The van der Waals surface area contributed by atoms with E-state index in [-0.39, 0.29) is 12.3 Å². The van der Waals surface area contributed by atoms with Gasteiger partial charge in [-0.3, -0.25) is 4.79 Å². The van der Waals surface area contributed by atoms with Crippen LogP contribution in [0.25, 0.3) is 0 Å². The fraction of sp³-hybridized carbons (Fsp3) is 0.500. The topological polar surface area (TPSA) is 66.4 Å². The summed E-state index contributed by atoms with van der Waals surface area (Å²) in [6, 6.07) is 9.34. The van der Waals surface area contributed by atoms with Crippen LogP contribution >= 0.6 is 0 Å². The number of hydrogen-bond donors (Lipinski definition) is 2. The fourth-order valence-corrected chi connectivity index (χ4v) is 2.46. The summed E-state index contributed by atoms with van der Waals surface area (Å²) in [5, 5.41) is 12.2. The Kier molecular flexibility index (Phi) is 6.22. The first-order chi connectivity index (χ1) is 9.54. The molecule has 20 heavy (non-hydrogen) atoms. The lowest BCUT2D eigenvalue weighted by Gasteiger charge is -2.30. The maximum atomic E-state index is 12.1. The van der Waals surface area contributed by atoms with Gasteiger partial charge in [0.15, 0.2) is 0 Å². The van der Waals surface area contributed by atoms with Gasteiger partial charge in [0.05, 0.1) is 6.42 Å². The number of rotatable bonds is 8. The number of nitrogens with one attached hydrogen (secondary N) is 1. The van der Waals surface area contributed by atoms with Crippen LogP contribution in [0.15, 0.2) is 30.3 Å². The molecule has 1 rings (SSSR count). The molecule has 0 saturated carbocycles. The number of carboxylic acid groups (broad SMARTS) is 1. The third-order valence-corrected chi connectivity index (χ3v) is 3.35. The summed E-state index contributed by atoms with van der Waals surface area (Å²) in [6.45, 7) is 3.85. The summed E-state index contributed by atoms with van der Waals surface area (Å²) in [5.41, 5.74) is -0.243. The zero-order valence-corrected chi connectivity index (χ0v) is 12.2. The highest BCUT2D eigenvalue weighted by Gasteiger charge is 2.38. The van der Waals surface area contributed by atoms with E-state index in [4.69, 9.17) is 0 Å². The van der Waals surface area contributed by atoms with Crippen molar-refractivity contribution in [3.8, 4) is 0 Å². The number of hydrogen-bond acceptors (Lipinski definition) is 2. The van der Waals surface area contributed by atoms with Crippen LogP contribution in [0.3, 0.4) is 0 Å². The second kappa shape index (κ2) is 7.68. The largest absolute Gasteiger partial charge is 0.480 e. The first-order valence-corrected chi connectivity index (χ1v) is 7.12. The molecular formula is C16H23NO3. The minimum Gasteiger partial charge on any atom is -0.480 e. The average molecular weight is 277 g/mol. The van der Waals surface area contributed by atoms with Crippen molar-refractivity contribution in [2.75, 3.05) is 0 Å². The predicted octanol–water partition coefficient (Wildman–Crippen LogP) is 2.77. The molecule has 0 bridgehead atoms. The third-order valence-electron chi connectivity index (χ3n) is 3.35. The standard InChI is InChI=1S/C16H23NO3/c1-3-10-16(11-4-2,15(19)20)17-14(18)12-13-8-6-5-7-9-13/h5-9H,3-4,10-12H2,1-2H3,(H,17,18)(H,19,20). The summed E-state index contributed by atoms with van der Waals surface area (Å²) in [7, 11) is 0. The van der Waals surface area contributed by atoms with E-state index in [0.717, 1.165) is 18.4 Å². The SMILES string of the molecule is CCCC(CCC)(NC(=O)Cc1ccccc1)C(=O)O. The molecule has 0 aliphatic heterocycles. The molecule has 4 heteroatoms. The van der Waals surface area contributed by atoms with Gasteiger partial charge in [0.2, 0.25) is 5.91 Å². The molecule has 0 saturated heterocycles. The van der Waals surface area contributed by atoms with Gasteiger partial charge in [-0.05, 0) is 18.4 Å². The summed E-state index contributed by atoms with van der Waals surface area (Å²) >= 11 is 0. The van der Waals surface area contributed by atoms with Gasteiger partial charge >= 0.3 is 5.97 Å². The molecule has 4 nitrogen and oxygen atoms in total. The predicted molar refractivity (Wildman–Crippen MR) is 78.5 cm³/mol. The maximum absolute atomic E-state index is 12.1. The summed E-state index contributed by atoms with van der Waals surface area (Å²) in [5.74, 6) is -1.18. The Morgan fingerprint density at radius 3 is 2.10 bits per heavy atom. The van der Waals surface area contributed by atoms with Crippen LogP contribution in [0, 0.1) is 0 Å². The Balaban J connectivity index is 2.78. The Hall–Kier alpha value is -1.84. The van der Waals surface area contributed by atoms with Gasteiger partial charge in [-0.25, -0.2) is 4.79 Å². The number of amides is 1. The van der Waals surface area contributed by atoms with Crippen molar-refractivity contribution >= 4 is 11.9 Å². The molecular weight excluding hydrogens is 254 g/mol. The molecule has 0 aromatic heterocycles. The van der Waals surface area contributed by atoms with E-state index >= 15 is 0 Å². The zero-order valence-electron chi connectivity index (χ0n) is 12.2. The molecule has 0 radical (unpaired) electrons. The molecule has 0 aliphatic carbocycles. The molecule has 0 aliphatic rings. The Morgan fingerprint density at radius 2 is 1.65 bits per heavy atom. The van der Waals surface area contributed by atoms with Crippen LogP contribution < -0.4 is 5.32 Å². The molecule has 0 fully saturated rings. The van der Waals surface area contributed by atoms with Gasteiger partial charge < -0.3 is 10.4 Å². The van der Waals surface area contributed by atoms with Crippen LogP contribution in [0.4, 0.5) is 0 Å². The van der Waals surface area contributed by atoms with Crippen molar-refractivity contribution in [2.45, 2.75) is 51.5 Å². The highest BCUT2D eigenvalue weighted by atomic mass is 16.4. The Morgan fingerprint density at radius 1 is 1.10 bits per heavy atom. The number of benzene rings is 1. The smallest absolute Gasteiger partial charge is 0.329 e. The zero-order chi connectivity index (χ0) is 15.0. The van der Waals surface area contributed by atoms with Crippen LogP contribution in [0.5, 0.6) is 0 Å². The van der Waals surface area contributed by atoms with E-state index in [1.807, 2.05) is 44.2 Å². The van der Waals surface area contributed by atoms with Crippen molar-refractivity contribution in [2.24, 2.45) is 0 Å². The molecule has 0 heterocycles. The lowest BCUT2D eigenvalue weighted by atomic mass is 9.88. The second-order valence-corrected chi connectivity index (χ2v) is 5.10. The summed E-state index contributed by atoms with van der Waals surface area (Å²) in [4.78, 5) is 23.7. The average Bonchev–Trinajstić information content (AvgIpc) is 2.40. The van der Waals surface area contributed by atoms with Crippen molar-refractivity contribution < 1.29 is 14.7 Å². The van der Waals surface area contributed by atoms with Crippen molar-refractivity contribution in [1.29, 1.82) is 0 Å². The highest BCUT2D eigenvalue weighted by Crippen LogP contribution is 2.20. The van der Waals surface area contributed by atoms with E-state index in [1.54, 1.807) is 0 Å². The number of carbonyl (C=O) groups excluding carboxylic acids is 1. The molecule has 2 N–H and O–H groups in total. The number of carbonyl (C=O) groups is 2. The minimum atomic E-state index is -1.13. The molecule has 110 valence electrons. The van der Waals surface area contributed by atoms with Gasteiger partial charge in [-0.15, -0.1) is 0 Å². The quantitative estimate of drug-likeness (QED) is 0.768. The number of carboxylic acids is 1. The number of aliphatic carboxylic acids is 1. The van der Waals surface area contributed by atoms with E-state index in [2.05, 4.69) is 5.32 Å².